The Kier molecular flexibility index (Phi) is 5.14. The van der Waals surface area contributed by atoms with Crippen LogP contribution in [0.15, 0.2) is 57.1 Å². The monoisotopic (exact) mass is 357 g/mol. The fourth-order valence-electron chi connectivity index (χ4n) is 2.49. The second-order valence-electron chi connectivity index (χ2n) is 5.87. The molecule has 2 heterocycles. The molecule has 0 aliphatic heterocycles. The van der Waals surface area contributed by atoms with Crippen LogP contribution in [0.5, 0.6) is 0 Å². The van der Waals surface area contributed by atoms with Gasteiger partial charge in [-0.1, -0.05) is 36.4 Å². The number of thiophene rings is 1. The highest BCUT2D eigenvalue weighted by molar-refractivity contribution is 7.13. The van der Waals surface area contributed by atoms with Crippen LogP contribution >= 0.6 is 11.3 Å². The first kappa shape index (κ1) is 17.2. The number of rotatable bonds is 6. The minimum Gasteiger partial charge on any atom is -0.387 e. The molecule has 0 spiro atoms. The van der Waals surface area contributed by atoms with E-state index in [0.29, 0.717) is 5.89 Å². The Morgan fingerprint density at radius 2 is 2.00 bits per heavy atom. The number of nitrogens with one attached hydrogen (secondary N) is 1. The first-order valence-corrected chi connectivity index (χ1v) is 8.89. The summed E-state index contributed by atoms with van der Waals surface area (Å²) in [6.45, 7) is 3.94. The van der Waals surface area contributed by atoms with Crippen molar-refractivity contribution >= 4 is 17.2 Å². The molecule has 0 fully saturated rings. The highest BCUT2D eigenvalue weighted by Gasteiger charge is 2.19. The molecule has 3 rings (SSSR count). The maximum Gasteiger partial charge on any atom is 0.437 e. The molecule has 2 atom stereocenters. The first-order valence-electron chi connectivity index (χ1n) is 8.01. The van der Waals surface area contributed by atoms with Gasteiger partial charge in [-0.2, -0.15) is 4.68 Å². The molecule has 0 aliphatic rings. The van der Waals surface area contributed by atoms with Crippen molar-refractivity contribution in [2.75, 3.05) is 0 Å². The quantitative estimate of drug-likeness (QED) is 0.736. The summed E-state index contributed by atoms with van der Waals surface area (Å²) in [4.78, 5) is 25.1. The van der Waals surface area contributed by atoms with Crippen LogP contribution in [-0.2, 0) is 11.3 Å². The lowest BCUT2D eigenvalue weighted by atomic mass is 10.0. The zero-order valence-electron chi connectivity index (χ0n) is 14.0. The molecule has 6 nitrogen and oxygen atoms in total. The summed E-state index contributed by atoms with van der Waals surface area (Å²) in [5.74, 6) is -0.579. The van der Waals surface area contributed by atoms with Crippen molar-refractivity contribution in [1.82, 2.24) is 15.1 Å². The lowest BCUT2D eigenvalue weighted by Crippen LogP contribution is -2.39. The number of amides is 1. The predicted octanol–water partition coefficient (Wildman–Crippen LogP) is 2.87. The molecule has 0 saturated heterocycles. The molecule has 25 heavy (non-hydrogen) atoms. The Labute approximate surface area is 149 Å². The minimum absolute atomic E-state index is 0.0891. The zero-order valence-corrected chi connectivity index (χ0v) is 14.8. The number of nitrogens with zero attached hydrogens (tertiary/aromatic N) is 2. The van der Waals surface area contributed by atoms with Crippen LogP contribution in [-0.4, -0.2) is 21.7 Å². The highest BCUT2D eigenvalue weighted by Crippen LogP contribution is 2.21. The molecule has 1 N–H and O–H groups in total. The smallest absolute Gasteiger partial charge is 0.387 e. The molecule has 0 saturated carbocycles. The number of carbonyl (C=O) groups is 1. The molecule has 1 aromatic carbocycles. The van der Waals surface area contributed by atoms with Gasteiger partial charge < -0.3 is 9.73 Å². The molecule has 1 amide bonds. The van der Waals surface area contributed by atoms with E-state index in [-0.39, 0.29) is 24.4 Å². The third kappa shape index (κ3) is 4.06. The normalized spacial score (nSPS) is 13.4. The maximum atomic E-state index is 12.4. The predicted molar refractivity (Wildman–Crippen MR) is 96.5 cm³/mol. The molecule has 3 aromatic rings. The number of hydrogen-bond donors (Lipinski definition) is 1. The van der Waals surface area contributed by atoms with Gasteiger partial charge in [0.15, 0.2) is 0 Å². The summed E-state index contributed by atoms with van der Waals surface area (Å²) in [7, 11) is 0. The van der Waals surface area contributed by atoms with Gasteiger partial charge in [0.05, 0.1) is 17.3 Å². The van der Waals surface area contributed by atoms with Crippen LogP contribution in [0.4, 0.5) is 0 Å². The summed E-state index contributed by atoms with van der Waals surface area (Å²) in [6, 6.07) is 13.0. The zero-order chi connectivity index (χ0) is 17.8. The van der Waals surface area contributed by atoms with E-state index in [1.54, 1.807) is 0 Å². The summed E-state index contributed by atoms with van der Waals surface area (Å²) >= 11 is 1.45. The standard InChI is InChI=1S/C18H19N3O3S/c1-12(19-16(22)13(2)14-7-4-3-5-8-14)11-21-18(23)24-17(20-21)15-9-6-10-25-15/h3-10,12-13H,11H2,1-2H3,(H,19,22)/t12-,13?/m1/s1. The van der Waals surface area contributed by atoms with Crippen molar-refractivity contribution in [3.05, 3.63) is 64.0 Å². The van der Waals surface area contributed by atoms with Crippen molar-refractivity contribution < 1.29 is 9.21 Å². The van der Waals surface area contributed by atoms with E-state index in [1.165, 1.54) is 16.0 Å². The van der Waals surface area contributed by atoms with Gasteiger partial charge in [-0.25, -0.2) is 4.79 Å². The van der Waals surface area contributed by atoms with Gasteiger partial charge >= 0.3 is 5.76 Å². The van der Waals surface area contributed by atoms with Gasteiger partial charge in [0.1, 0.15) is 0 Å². The third-order valence-electron chi connectivity index (χ3n) is 3.87. The van der Waals surface area contributed by atoms with Gasteiger partial charge in [-0.15, -0.1) is 16.4 Å². The van der Waals surface area contributed by atoms with E-state index in [1.807, 2.05) is 61.7 Å². The summed E-state index contributed by atoms with van der Waals surface area (Å²) < 4.78 is 6.42. The van der Waals surface area contributed by atoms with Crippen molar-refractivity contribution in [1.29, 1.82) is 0 Å². The topological polar surface area (TPSA) is 77.1 Å². The minimum atomic E-state index is -0.527. The van der Waals surface area contributed by atoms with Crippen LogP contribution in [0, 0.1) is 0 Å². The van der Waals surface area contributed by atoms with Gasteiger partial charge in [0, 0.05) is 6.04 Å². The molecule has 2 aromatic heterocycles. The summed E-state index contributed by atoms with van der Waals surface area (Å²) in [5.41, 5.74) is 0.950. The van der Waals surface area contributed by atoms with E-state index in [4.69, 9.17) is 4.42 Å². The number of hydrogen-bond acceptors (Lipinski definition) is 5. The van der Waals surface area contributed by atoms with E-state index in [0.717, 1.165) is 10.4 Å². The van der Waals surface area contributed by atoms with Crippen LogP contribution in [0.25, 0.3) is 10.8 Å². The van der Waals surface area contributed by atoms with E-state index in [9.17, 15) is 9.59 Å². The molecular weight excluding hydrogens is 338 g/mol. The highest BCUT2D eigenvalue weighted by atomic mass is 32.1. The summed E-state index contributed by atoms with van der Waals surface area (Å²) in [6.07, 6.45) is 0. The van der Waals surface area contributed by atoms with Crippen molar-refractivity contribution in [2.45, 2.75) is 32.4 Å². The molecule has 0 bridgehead atoms. The van der Waals surface area contributed by atoms with Gasteiger partial charge in [-0.05, 0) is 30.9 Å². The number of aromatic nitrogens is 2. The van der Waals surface area contributed by atoms with Gasteiger partial charge in [0.25, 0.3) is 5.89 Å². The van der Waals surface area contributed by atoms with Crippen molar-refractivity contribution in [3.63, 3.8) is 0 Å². The summed E-state index contributed by atoms with van der Waals surface area (Å²) in [5, 5.41) is 9.01. The molecule has 1 unspecified atom stereocenters. The SMILES string of the molecule is CC(C(=O)N[C@H](C)Cn1nc(-c2cccs2)oc1=O)c1ccccc1. The molecular formula is C18H19N3O3S. The fourth-order valence-corrected chi connectivity index (χ4v) is 3.13. The Morgan fingerprint density at radius 3 is 2.68 bits per heavy atom. The number of carbonyl (C=O) groups excluding carboxylic acids is 1. The number of benzene rings is 1. The van der Waals surface area contributed by atoms with Gasteiger partial charge in [-0.3, -0.25) is 4.79 Å². The van der Waals surface area contributed by atoms with Crippen molar-refractivity contribution in [3.8, 4) is 10.8 Å². The van der Waals surface area contributed by atoms with E-state index >= 15 is 0 Å². The van der Waals surface area contributed by atoms with Gasteiger partial charge in [0.2, 0.25) is 5.91 Å². The Balaban J connectivity index is 1.64. The lowest BCUT2D eigenvalue weighted by molar-refractivity contribution is -0.122. The molecule has 0 radical (unpaired) electrons. The van der Waals surface area contributed by atoms with Crippen molar-refractivity contribution in [2.24, 2.45) is 0 Å². The average molecular weight is 357 g/mol. The molecule has 0 aliphatic carbocycles. The first-order chi connectivity index (χ1) is 12.0. The van der Waals surface area contributed by atoms with Crippen LogP contribution in [0.1, 0.15) is 25.3 Å². The largest absolute Gasteiger partial charge is 0.437 e. The van der Waals surface area contributed by atoms with E-state index < -0.39 is 5.76 Å². The Hall–Kier alpha value is -2.67. The lowest BCUT2D eigenvalue weighted by Gasteiger charge is -2.17. The Bertz CT molecular complexity index is 884. The second-order valence-corrected chi connectivity index (χ2v) is 6.82. The Morgan fingerprint density at radius 1 is 1.24 bits per heavy atom. The fraction of sp³-hybridized carbons (Fsp3) is 0.278. The second kappa shape index (κ2) is 7.48. The van der Waals surface area contributed by atoms with E-state index in [2.05, 4.69) is 10.4 Å². The maximum absolute atomic E-state index is 12.4. The van der Waals surface area contributed by atoms with Crippen LogP contribution in [0.3, 0.4) is 0 Å². The average Bonchev–Trinajstić information content (AvgIpc) is 3.25. The van der Waals surface area contributed by atoms with Crippen LogP contribution < -0.4 is 11.1 Å². The third-order valence-corrected chi connectivity index (χ3v) is 4.72. The molecule has 130 valence electrons. The van der Waals surface area contributed by atoms with Crippen LogP contribution in [0.2, 0.25) is 0 Å². The molecule has 7 heteroatoms.